The molecule has 0 saturated carbocycles. The lowest BCUT2D eigenvalue weighted by molar-refractivity contribution is 0.0914. The number of rotatable bonds is 6. The van der Waals surface area contributed by atoms with Crippen molar-refractivity contribution in [1.29, 1.82) is 0 Å². The standard InChI is InChI=1S/C19H23ClN2O2S/c1-25-14-7-8-16(20)15(12-14)19(23)21-13-17(18-6-5-11-24-18)22-9-3-2-4-10-22/h5-8,11-12,17H,2-4,9-10,13H2,1H3,(H,21,23)/t17-/m1/s1. The zero-order valence-electron chi connectivity index (χ0n) is 14.3. The highest BCUT2D eigenvalue weighted by molar-refractivity contribution is 7.98. The van der Waals surface area contributed by atoms with Crippen LogP contribution in [0.4, 0.5) is 0 Å². The summed E-state index contributed by atoms with van der Waals surface area (Å²) in [5.41, 5.74) is 0.519. The average molecular weight is 379 g/mol. The van der Waals surface area contributed by atoms with Crippen LogP contribution in [-0.4, -0.2) is 36.7 Å². The fraction of sp³-hybridized carbons (Fsp3) is 0.421. The van der Waals surface area contributed by atoms with E-state index in [1.807, 2.05) is 30.5 Å². The summed E-state index contributed by atoms with van der Waals surface area (Å²) in [6.07, 6.45) is 7.31. The van der Waals surface area contributed by atoms with Crippen LogP contribution in [0.3, 0.4) is 0 Å². The number of carbonyl (C=O) groups is 1. The van der Waals surface area contributed by atoms with Gasteiger partial charge in [-0.2, -0.15) is 0 Å². The first-order chi connectivity index (χ1) is 12.2. The molecule has 1 aromatic heterocycles. The van der Waals surface area contributed by atoms with Gasteiger partial charge in [0.05, 0.1) is 22.9 Å². The summed E-state index contributed by atoms with van der Waals surface area (Å²) in [7, 11) is 0. The molecule has 1 atom stereocenters. The number of thioether (sulfide) groups is 1. The van der Waals surface area contributed by atoms with E-state index in [4.69, 9.17) is 16.0 Å². The molecule has 134 valence electrons. The Bertz CT molecular complexity index is 699. The van der Waals surface area contributed by atoms with E-state index < -0.39 is 0 Å². The molecule has 2 aromatic rings. The Morgan fingerprint density at radius 3 is 2.80 bits per heavy atom. The zero-order chi connectivity index (χ0) is 17.6. The molecule has 1 amide bonds. The third kappa shape index (κ3) is 4.60. The fourth-order valence-corrected chi connectivity index (χ4v) is 3.85. The van der Waals surface area contributed by atoms with E-state index in [9.17, 15) is 4.79 Å². The van der Waals surface area contributed by atoms with Gasteiger partial charge in [-0.15, -0.1) is 11.8 Å². The summed E-state index contributed by atoms with van der Waals surface area (Å²) in [4.78, 5) is 16.0. The van der Waals surface area contributed by atoms with Crippen LogP contribution in [0.15, 0.2) is 45.9 Å². The molecule has 6 heteroatoms. The molecule has 0 spiro atoms. The number of carbonyl (C=O) groups excluding carboxylic acids is 1. The van der Waals surface area contributed by atoms with Crippen molar-refractivity contribution in [2.45, 2.75) is 30.2 Å². The Morgan fingerprint density at radius 1 is 1.32 bits per heavy atom. The van der Waals surface area contributed by atoms with Crippen molar-refractivity contribution in [3.63, 3.8) is 0 Å². The molecule has 0 unspecified atom stereocenters. The first-order valence-electron chi connectivity index (χ1n) is 8.58. The van der Waals surface area contributed by atoms with Gasteiger partial charge in [0.25, 0.3) is 5.91 Å². The smallest absolute Gasteiger partial charge is 0.252 e. The van der Waals surface area contributed by atoms with Gasteiger partial charge < -0.3 is 9.73 Å². The van der Waals surface area contributed by atoms with Crippen LogP contribution >= 0.6 is 23.4 Å². The van der Waals surface area contributed by atoms with Crippen molar-refractivity contribution < 1.29 is 9.21 Å². The molecule has 0 radical (unpaired) electrons. The molecular formula is C19H23ClN2O2S. The van der Waals surface area contributed by atoms with Gasteiger partial charge in [0.15, 0.2) is 0 Å². The second-order valence-electron chi connectivity index (χ2n) is 6.18. The summed E-state index contributed by atoms with van der Waals surface area (Å²) in [5, 5.41) is 3.52. The lowest BCUT2D eigenvalue weighted by Gasteiger charge is -2.33. The Hall–Kier alpha value is -1.43. The highest BCUT2D eigenvalue weighted by Gasteiger charge is 2.25. The van der Waals surface area contributed by atoms with Gasteiger partial charge in [-0.25, -0.2) is 0 Å². The van der Waals surface area contributed by atoms with Crippen molar-refractivity contribution in [2.75, 3.05) is 25.9 Å². The monoisotopic (exact) mass is 378 g/mol. The van der Waals surface area contributed by atoms with E-state index in [0.29, 0.717) is 17.1 Å². The molecule has 1 aliphatic rings. The minimum atomic E-state index is -0.144. The van der Waals surface area contributed by atoms with Crippen LogP contribution in [0.2, 0.25) is 5.02 Å². The quantitative estimate of drug-likeness (QED) is 0.745. The average Bonchev–Trinajstić information content (AvgIpc) is 3.17. The Kier molecular flexibility index (Phi) is 6.45. The SMILES string of the molecule is CSc1ccc(Cl)c(C(=O)NC[C@H](c2ccco2)N2CCCCC2)c1. The number of benzene rings is 1. The van der Waals surface area contributed by atoms with Crippen LogP contribution < -0.4 is 5.32 Å². The molecule has 1 N–H and O–H groups in total. The number of amides is 1. The highest BCUT2D eigenvalue weighted by Crippen LogP contribution is 2.26. The van der Waals surface area contributed by atoms with Gasteiger partial charge in [0.1, 0.15) is 5.76 Å². The molecule has 4 nitrogen and oxygen atoms in total. The van der Waals surface area contributed by atoms with E-state index in [0.717, 1.165) is 23.7 Å². The first-order valence-corrected chi connectivity index (χ1v) is 10.2. The van der Waals surface area contributed by atoms with Crippen molar-refractivity contribution in [3.8, 4) is 0 Å². The van der Waals surface area contributed by atoms with Gasteiger partial charge in [-0.1, -0.05) is 18.0 Å². The van der Waals surface area contributed by atoms with Crippen molar-refractivity contribution >= 4 is 29.3 Å². The summed E-state index contributed by atoms with van der Waals surface area (Å²) >= 11 is 7.80. The zero-order valence-corrected chi connectivity index (χ0v) is 15.9. The second-order valence-corrected chi connectivity index (χ2v) is 7.47. The maximum atomic E-state index is 12.6. The highest BCUT2D eigenvalue weighted by atomic mass is 35.5. The van der Waals surface area contributed by atoms with Crippen LogP contribution in [-0.2, 0) is 0 Å². The number of furan rings is 1. The number of likely N-dealkylation sites (tertiary alicyclic amines) is 1. The minimum absolute atomic E-state index is 0.0572. The van der Waals surface area contributed by atoms with E-state index in [-0.39, 0.29) is 11.9 Å². The second kappa shape index (κ2) is 8.79. The van der Waals surface area contributed by atoms with Gasteiger partial charge in [-0.3, -0.25) is 9.69 Å². The number of nitrogens with zero attached hydrogens (tertiary/aromatic N) is 1. The molecule has 25 heavy (non-hydrogen) atoms. The molecule has 0 aliphatic carbocycles. The number of halogens is 1. The molecule has 1 aliphatic heterocycles. The van der Waals surface area contributed by atoms with Crippen molar-refractivity contribution in [1.82, 2.24) is 10.2 Å². The lowest BCUT2D eigenvalue weighted by atomic mass is 10.1. The molecule has 1 fully saturated rings. The third-order valence-electron chi connectivity index (χ3n) is 4.58. The molecule has 0 bridgehead atoms. The minimum Gasteiger partial charge on any atom is -0.468 e. The van der Waals surface area contributed by atoms with E-state index in [1.54, 1.807) is 24.1 Å². The van der Waals surface area contributed by atoms with Gasteiger partial charge in [0, 0.05) is 11.4 Å². The molecule has 2 heterocycles. The van der Waals surface area contributed by atoms with Gasteiger partial charge in [0.2, 0.25) is 0 Å². The summed E-state index contributed by atoms with van der Waals surface area (Å²) in [6.45, 7) is 2.57. The van der Waals surface area contributed by atoms with Crippen molar-refractivity contribution in [3.05, 3.63) is 52.9 Å². The van der Waals surface area contributed by atoms with Crippen molar-refractivity contribution in [2.24, 2.45) is 0 Å². The fourth-order valence-electron chi connectivity index (χ4n) is 3.21. The predicted octanol–water partition coefficient (Wildman–Crippen LogP) is 4.61. The normalized spacial score (nSPS) is 16.6. The maximum Gasteiger partial charge on any atom is 0.252 e. The number of hydrogen-bond donors (Lipinski definition) is 1. The number of piperidine rings is 1. The van der Waals surface area contributed by atoms with Gasteiger partial charge in [-0.05, 0) is 62.5 Å². The number of nitrogens with one attached hydrogen (secondary N) is 1. The van der Waals surface area contributed by atoms with Crippen LogP contribution in [0.5, 0.6) is 0 Å². The molecular weight excluding hydrogens is 356 g/mol. The van der Waals surface area contributed by atoms with Crippen LogP contribution in [0.25, 0.3) is 0 Å². The Morgan fingerprint density at radius 2 is 2.12 bits per heavy atom. The lowest BCUT2D eigenvalue weighted by Crippen LogP contribution is -2.40. The maximum absolute atomic E-state index is 12.6. The summed E-state index contributed by atoms with van der Waals surface area (Å²) in [5.74, 6) is 0.751. The molecule has 3 rings (SSSR count). The molecule has 1 aromatic carbocycles. The Labute approximate surface area is 157 Å². The van der Waals surface area contributed by atoms with Gasteiger partial charge >= 0.3 is 0 Å². The third-order valence-corrected chi connectivity index (χ3v) is 5.63. The van der Waals surface area contributed by atoms with E-state index >= 15 is 0 Å². The molecule has 1 saturated heterocycles. The van der Waals surface area contributed by atoms with Crippen LogP contribution in [0, 0.1) is 0 Å². The Balaban J connectivity index is 1.71. The topological polar surface area (TPSA) is 45.5 Å². The first kappa shape index (κ1) is 18.4. The largest absolute Gasteiger partial charge is 0.468 e. The van der Waals surface area contributed by atoms with Crippen LogP contribution in [0.1, 0.15) is 41.4 Å². The number of hydrogen-bond acceptors (Lipinski definition) is 4. The predicted molar refractivity (Wildman–Crippen MR) is 102 cm³/mol. The summed E-state index contributed by atoms with van der Waals surface area (Å²) < 4.78 is 5.62. The van der Waals surface area contributed by atoms with E-state index in [2.05, 4.69) is 10.2 Å². The van der Waals surface area contributed by atoms with E-state index in [1.165, 1.54) is 19.3 Å². The summed E-state index contributed by atoms with van der Waals surface area (Å²) in [6, 6.07) is 9.46.